The highest BCUT2D eigenvalue weighted by Gasteiger charge is 2.37. The molecule has 0 aromatic rings. The van der Waals surface area contributed by atoms with E-state index in [-0.39, 0.29) is 36.3 Å². The number of hydrogen-bond acceptors (Lipinski definition) is 4. The molecule has 158 valence electrons. The quantitative estimate of drug-likeness (QED) is 0.190. The lowest BCUT2D eigenvalue weighted by Crippen LogP contribution is -2.35. The third-order valence-corrected chi connectivity index (χ3v) is 5.59. The first kappa shape index (κ1) is 24.3. The summed E-state index contributed by atoms with van der Waals surface area (Å²) in [4.78, 5) is 24.5. The van der Waals surface area contributed by atoms with Crippen LogP contribution in [0.1, 0.15) is 96.8 Å². The van der Waals surface area contributed by atoms with E-state index in [4.69, 9.17) is 21.1 Å². The topological polar surface area (TPSA) is 52.6 Å². The maximum atomic E-state index is 12.4. The van der Waals surface area contributed by atoms with Crippen molar-refractivity contribution in [2.75, 3.05) is 19.1 Å². The van der Waals surface area contributed by atoms with Crippen LogP contribution >= 0.6 is 11.6 Å². The third kappa shape index (κ3) is 11.0. The van der Waals surface area contributed by atoms with Crippen LogP contribution in [0.4, 0.5) is 0 Å². The molecule has 2 unspecified atom stereocenters. The molecule has 5 heteroatoms. The number of ether oxygens (including phenoxy) is 2. The molecule has 0 heterocycles. The van der Waals surface area contributed by atoms with Gasteiger partial charge in [-0.25, -0.2) is 0 Å². The van der Waals surface area contributed by atoms with Gasteiger partial charge in [-0.15, -0.1) is 11.6 Å². The summed E-state index contributed by atoms with van der Waals surface area (Å²) in [6.07, 6.45) is 15.9. The van der Waals surface area contributed by atoms with Crippen molar-refractivity contribution in [3.8, 4) is 0 Å². The second-order valence-corrected chi connectivity index (χ2v) is 8.08. The van der Waals surface area contributed by atoms with Crippen LogP contribution in [0.2, 0.25) is 0 Å². The van der Waals surface area contributed by atoms with E-state index in [2.05, 4.69) is 6.92 Å². The van der Waals surface area contributed by atoms with Crippen LogP contribution in [0.25, 0.3) is 0 Å². The zero-order valence-electron chi connectivity index (χ0n) is 17.2. The number of esters is 2. The minimum atomic E-state index is -0.359. The minimum Gasteiger partial charge on any atom is -0.465 e. The van der Waals surface area contributed by atoms with Gasteiger partial charge in [-0.2, -0.15) is 0 Å². The summed E-state index contributed by atoms with van der Waals surface area (Å²) < 4.78 is 10.6. The second kappa shape index (κ2) is 16.2. The van der Waals surface area contributed by atoms with E-state index in [1.807, 2.05) is 0 Å². The van der Waals surface area contributed by atoms with Gasteiger partial charge in [-0.3, -0.25) is 9.59 Å². The van der Waals surface area contributed by atoms with E-state index in [1.165, 1.54) is 51.4 Å². The molecule has 0 aliphatic heterocycles. The van der Waals surface area contributed by atoms with Crippen molar-refractivity contribution in [2.24, 2.45) is 11.8 Å². The Balaban J connectivity index is 2.11. The maximum Gasteiger partial charge on any atom is 0.309 e. The summed E-state index contributed by atoms with van der Waals surface area (Å²) in [7, 11) is 0. The highest BCUT2D eigenvalue weighted by molar-refractivity contribution is 6.18. The Hall–Kier alpha value is -0.770. The maximum absolute atomic E-state index is 12.4. The Morgan fingerprint density at radius 3 is 1.67 bits per heavy atom. The predicted molar refractivity (Wildman–Crippen MR) is 110 cm³/mol. The molecule has 0 radical (unpaired) electrons. The zero-order chi connectivity index (χ0) is 19.7. The highest BCUT2D eigenvalue weighted by atomic mass is 35.5. The summed E-state index contributed by atoms with van der Waals surface area (Å²) in [6.45, 7) is 2.92. The summed E-state index contributed by atoms with van der Waals surface area (Å²) >= 11 is 5.57. The van der Waals surface area contributed by atoms with Gasteiger partial charge in [0.2, 0.25) is 0 Å². The van der Waals surface area contributed by atoms with Crippen molar-refractivity contribution in [2.45, 2.75) is 96.8 Å². The lowest BCUT2D eigenvalue weighted by atomic mass is 9.79. The van der Waals surface area contributed by atoms with E-state index in [9.17, 15) is 9.59 Å². The van der Waals surface area contributed by atoms with Crippen molar-refractivity contribution in [1.82, 2.24) is 0 Å². The number of unbranched alkanes of at least 4 members (excludes halogenated alkanes) is 9. The molecule has 0 N–H and O–H groups in total. The van der Waals surface area contributed by atoms with Crippen LogP contribution in [-0.4, -0.2) is 31.0 Å². The molecule has 1 saturated carbocycles. The number of carbonyl (C=O) groups excluding carboxylic acids is 2. The van der Waals surface area contributed by atoms with Gasteiger partial charge < -0.3 is 9.47 Å². The molecular weight excluding hydrogens is 364 g/mol. The summed E-state index contributed by atoms with van der Waals surface area (Å²) in [5.41, 5.74) is 0. The van der Waals surface area contributed by atoms with Crippen molar-refractivity contribution in [1.29, 1.82) is 0 Å². The Labute approximate surface area is 170 Å². The second-order valence-electron chi connectivity index (χ2n) is 7.70. The molecular formula is C22H39ClO4. The summed E-state index contributed by atoms with van der Waals surface area (Å²) in [5, 5.41) is 0. The van der Waals surface area contributed by atoms with Gasteiger partial charge in [0.05, 0.1) is 24.3 Å². The highest BCUT2D eigenvalue weighted by Crippen LogP contribution is 2.32. The van der Waals surface area contributed by atoms with Crippen LogP contribution in [0.5, 0.6) is 0 Å². The molecule has 0 spiro atoms. The van der Waals surface area contributed by atoms with Crippen LogP contribution in [0.15, 0.2) is 0 Å². The Morgan fingerprint density at radius 2 is 1.19 bits per heavy atom. The first-order chi connectivity index (χ1) is 13.2. The molecule has 1 fully saturated rings. The number of alkyl halides is 1. The monoisotopic (exact) mass is 402 g/mol. The number of rotatable bonds is 15. The smallest absolute Gasteiger partial charge is 0.309 e. The molecule has 0 aromatic heterocycles. The number of halogens is 1. The lowest BCUT2D eigenvalue weighted by molar-refractivity contribution is -0.162. The molecule has 1 rings (SSSR count). The predicted octanol–water partition coefficient (Wildman–Crippen LogP) is 6.04. The van der Waals surface area contributed by atoms with E-state index >= 15 is 0 Å². The van der Waals surface area contributed by atoms with Gasteiger partial charge in [0, 0.05) is 0 Å². The first-order valence-corrected chi connectivity index (χ1v) is 11.6. The molecule has 0 bridgehead atoms. The molecule has 27 heavy (non-hydrogen) atoms. The minimum absolute atomic E-state index is 0.206. The van der Waals surface area contributed by atoms with E-state index in [1.54, 1.807) is 0 Å². The van der Waals surface area contributed by atoms with Gasteiger partial charge in [0.25, 0.3) is 0 Å². The fraction of sp³-hybridized carbons (Fsp3) is 0.909. The van der Waals surface area contributed by atoms with Gasteiger partial charge in [0.15, 0.2) is 0 Å². The molecule has 1 aliphatic rings. The summed E-state index contributed by atoms with van der Waals surface area (Å²) in [6, 6.07) is 0. The van der Waals surface area contributed by atoms with Crippen molar-refractivity contribution >= 4 is 23.5 Å². The molecule has 4 nitrogen and oxygen atoms in total. The Morgan fingerprint density at radius 1 is 0.741 bits per heavy atom. The van der Waals surface area contributed by atoms with Crippen LogP contribution in [-0.2, 0) is 19.1 Å². The Bertz CT molecular complexity index is 400. The van der Waals surface area contributed by atoms with E-state index in [0.29, 0.717) is 13.0 Å². The van der Waals surface area contributed by atoms with Crippen LogP contribution in [0, 0.1) is 11.8 Å². The van der Waals surface area contributed by atoms with E-state index in [0.717, 1.165) is 32.1 Å². The standard InChI is InChI=1S/C22H39ClO4/c1-2-3-4-5-6-7-8-9-10-13-17-26-21(24)19-14-11-12-15-20(19)22(25)27-18-16-23/h19-20H,2-18H2,1H3. The SMILES string of the molecule is CCCCCCCCCCCCOC(=O)C1CCCCC1C(=O)OCCCl. The first-order valence-electron chi connectivity index (χ1n) is 11.1. The van der Waals surface area contributed by atoms with E-state index < -0.39 is 0 Å². The van der Waals surface area contributed by atoms with Crippen molar-refractivity contribution in [3.05, 3.63) is 0 Å². The molecule has 2 atom stereocenters. The van der Waals surface area contributed by atoms with Gasteiger partial charge in [-0.1, -0.05) is 77.6 Å². The molecule has 0 saturated heterocycles. The van der Waals surface area contributed by atoms with Crippen LogP contribution in [0.3, 0.4) is 0 Å². The zero-order valence-corrected chi connectivity index (χ0v) is 17.9. The normalized spacial score (nSPS) is 19.6. The number of carbonyl (C=O) groups is 2. The molecule has 0 aromatic carbocycles. The van der Waals surface area contributed by atoms with Gasteiger partial charge in [-0.05, 0) is 19.3 Å². The lowest BCUT2D eigenvalue weighted by Gasteiger charge is -2.28. The van der Waals surface area contributed by atoms with Crippen LogP contribution < -0.4 is 0 Å². The summed E-state index contributed by atoms with van der Waals surface area (Å²) in [5.74, 6) is -0.937. The fourth-order valence-corrected chi connectivity index (χ4v) is 3.89. The van der Waals surface area contributed by atoms with Crippen molar-refractivity contribution < 1.29 is 19.1 Å². The average molecular weight is 403 g/mol. The molecule has 1 aliphatic carbocycles. The number of hydrogen-bond donors (Lipinski definition) is 0. The Kier molecular flexibility index (Phi) is 14.6. The molecule has 0 amide bonds. The average Bonchev–Trinajstić information content (AvgIpc) is 2.70. The van der Waals surface area contributed by atoms with Gasteiger partial charge in [0.1, 0.15) is 6.61 Å². The van der Waals surface area contributed by atoms with Crippen molar-refractivity contribution in [3.63, 3.8) is 0 Å². The fourth-order valence-electron chi connectivity index (χ4n) is 3.81. The largest absolute Gasteiger partial charge is 0.465 e. The third-order valence-electron chi connectivity index (χ3n) is 5.44. The van der Waals surface area contributed by atoms with Gasteiger partial charge >= 0.3 is 11.9 Å².